The van der Waals surface area contributed by atoms with Crippen LogP contribution in [0.4, 0.5) is 4.79 Å². The number of halogens is 1. The molecule has 0 radical (unpaired) electrons. The minimum absolute atomic E-state index is 0.170. The maximum Gasteiger partial charge on any atom is 0.331 e. The molecule has 21 heavy (non-hydrogen) atoms. The lowest BCUT2D eigenvalue weighted by Crippen LogP contribution is -2.45. The maximum absolute atomic E-state index is 12.3. The Morgan fingerprint density at radius 1 is 1.48 bits per heavy atom. The molecule has 0 unspecified atom stereocenters. The molecule has 1 fully saturated rings. The lowest BCUT2D eigenvalue weighted by atomic mass is 10.1. The van der Waals surface area contributed by atoms with E-state index in [1.807, 2.05) is 0 Å². The van der Waals surface area contributed by atoms with Crippen molar-refractivity contribution in [3.8, 4) is 0 Å². The van der Waals surface area contributed by atoms with E-state index >= 15 is 0 Å². The van der Waals surface area contributed by atoms with Crippen LogP contribution in [0.1, 0.15) is 24.4 Å². The number of hydrogen-bond acceptors (Lipinski definition) is 2. The Morgan fingerprint density at radius 2 is 2.14 bits per heavy atom. The van der Waals surface area contributed by atoms with Gasteiger partial charge in [0.05, 0.1) is 0 Å². The highest BCUT2D eigenvalue weighted by Gasteiger charge is 2.34. The fourth-order valence-electron chi connectivity index (χ4n) is 2.11. The summed E-state index contributed by atoms with van der Waals surface area (Å²) >= 11 is 6.02. The van der Waals surface area contributed by atoms with Gasteiger partial charge in [-0.1, -0.05) is 35.9 Å². The summed E-state index contributed by atoms with van der Waals surface area (Å²) in [5.74, 6) is -1.15. The van der Waals surface area contributed by atoms with Gasteiger partial charge in [-0.05, 0) is 18.9 Å². The molecule has 1 aromatic carbocycles. The first-order valence-electron chi connectivity index (χ1n) is 6.70. The number of aliphatic carboxylic acids is 1. The molecule has 5 nitrogen and oxygen atoms in total. The van der Waals surface area contributed by atoms with E-state index in [-0.39, 0.29) is 6.04 Å². The minimum atomic E-state index is -1.17. The number of rotatable bonds is 6. The number of carboxylic acids is 1. The summed E-state index contributed by atoms with van der Waals surface area (Å²) in [6.45, 7) is 4.01. The zero-order valence-corrected chi connectivity index (χ0v) is 12.2. The summed E-state index contributed by atoms with van der Waals surface area (Å²) in [6.07, 6.45) is 3.50. The number of hydrogen-bond donors (Lipinski definition) is 2. The van der Waals surface area contributed by atoms with E-state index in [9.17, 15) is 14.7 Å². The van der Waals surface area contributed by atoms with Gasteiger partial charge in [0.2, 0.25) is 0 Å². The summed E-state index contributed by atoms with van der Waals surface area (Å²) < 4.78 is 0. The molecule has 1 saturated carbocycles. The third kappa shape index (κ3) is 3.76. The fourth-order valence-corrected chi connectivity index (χ4v) is 2.36. The minimum Gasteiger partial charge on any atom is -0.479 e. The van der Waals surface area contributed by atoms with E-state index in [0.717, 1.165) is 12.8 Å². The van der Waals surface area contributed by atoms with Gasteiger partial charge in [-0.2, -0.15) is 0 Å². The molecule has 1 atom stereocenters. The van der Waals surface area contributed by atoms with Gasteiger partial charge in [0.15, 0.2) is 6.04 Å². The second kappa shape index (κ2) is 6.63. The summed E-state index contributed by atoms with van der Waals surface area (Å²) in [4.78, 5) is 25.3. The second-order valence-corrected chi connectivity index (χ2v) is 5.32. The number of nitrogens with one attached hydrogen (secondary N) is 1. The number of carbonyl (C=O) groups is 2. The van der Waals surface area contributed by atoms with E-state index in [1.54, 1.807) is 35.2 Å². The van der Waals surface area contributed by atoms with E-state index in [2.05, 4.69) is 11.9 Å². The molecule has 0 spiro atoms. The molecule has 0 aliphatic heterocycles. The third-order valence-electron chi connectivity index (χ3n) is 3.31. The molecule has 2 rings (SSSR count). The Kier molecular flexibility index (Phi) is 4.85. The van der Waals surface area contributed by atoms with Crippen LogP contribution in [0.5, 0.6) is 0 Å². The molecule has 0 bridgehead atoms. The van der Waals surface area contributed by atoms with Crippen LogP contribution >= 0.6 is 11.6 Å². The predicted octanol–water partition coefficient (Wildman–Crippen LogP) is 2.83. The monoisotopic (exact) mass is 308 g/mol. The highest BCUT2D eigenvalue weighted by Crippen LogP contribution is 2.28. The molecule has 6 heteroatoms. The van der Waals surface area contributed by atoms with Gasteiger partial charge in [0.1, 0.15) is 0 Å². The molecule has 1 aromatic rings. The predicted molar refractivity (Wildman–Crippen MR) is 80.3 cm³/mol. The first-order valence-corrected chi connectivity index (χ1v) is 7.07. The van der Waals surface area contributed by atoms with Crippen molar-refractivity contribution in [3.63, 3.8) is 0 Å². The smallest absolute Gasteiger partial charge is 0.331 e. The topological polar surface area (TPSA) is 69.6 Å². The average molecular weight is 309 g/mol. The normalized spacial score (nSPS) is 15.1. The van der Waals surface area contributed by atoms with E-state index in [1.165, 1.54) is 0 Å². The van der Waals surface area contributed by atoms with E-state index in [4.69, 9.17) is 11.6 Å². The van der Waals surface area contributed by atoms with Crippen LogP contribution in [0, 0.1) is 0 Å². The van der Waals surface area contributed by atoms with Crippen molar-refractivity contribution in [3.05, 3.63) is 47.5 Å². The number of amides is 2. The van der Waals surface area contributed by atoms with Crippen LogP contribution in [0.3, 0.4) is 0 Å². The van der Waals surface area contributed by atoms with Crippen molar-refractivity contribution in [2.45, 2.75) is 24.9 Å². The van der Waals surface area contributed by atoms with Gasteiger partial charge < -0.3 is 15.3 Å². The van der Waals surface area contributed by atoms with Crippen LogP contribution in [0.2, 0.25) is 5.02 Å². The molecule has 1 aliphatic rings. The standard InChI is InChI=1S/C15H17ClN2O3/c1-2-9-18(10-7-8-10)15(21)17-13(14(19)20)11-5-3-4-6-12(11)16/h2-6,10,13H,1,7-9H2,(H,17,21)(H,19,20)/t13-/m1/s1. The lowest BCUT2D eigenvalue weighted by Gasteiger charge is -2.24. The van der Waals surface area contributed by atoms with Crippen molar-refractivity contribution in [1.29, 1.82) is 0 Å². The number of urea groups is 1. The SMILES string of the molecule is C=CCN(C(=O)N[C@@H](C(=O)O)c1ccccc1Cl)C1CC1. The molecule has 0 heterocycles. The molecule has 1 aliphatic carbocycles. The molecule has 2 N–H and O–H groups in total. The van der Waals surface area contributed by atoms with Crippen molar-refractivity contribution in [1.82, 2.24) is 10.2 Å². The van der Waals surface area contributed by atoms with Crippen molar-refractivity contribution < 1.29 is 14.7 Å². The number of nitrogens with zero attached hydrogens (tertiary/aromatic N) is 1. The van der Waals surface area contributed by atoms with Crippen molar-refractivity contribution in [2.24, 2.45) is 0 Å². The second-order valence-electron chi connectivity index (χ2n) is 4.91. The Bertz CT molecular complexity index is 558. The van der Waals surface area contributed by atoms with Crippen LogP contribution in [-0.4, -0.2) is 34.6 Å². The summed E-state index contributed by atoms with van der Waals surface area (Å²) in [6, 6.07) is 5.18. The van der Waals surface area contributed by atoms with Gasteiger partial charge >= 0.3 is 12.0 Å². The fraction of sp³-hybridized carbons (Fsp3) is 0.333. The van der Waals surface area contributed by atoms with Gasteiger partial charge in [-0.15, -0.1) is 6.58 Å². The maximum atomic E-state index is 12.3. The largest absolute Gasteiger partial charge is 0.479 e. The zero-order chi connectivity index (χ0) is 15.4. The van der Waals surface area contributed by atoms with Gasteiger partial charge in [0, 0.05) is 23.2 Å². The van der Waals surface area contributed by atoms with Crippen LogP contribution in [-0.2, 0) is 4.79 Å². The molecular formula is C15H17ClN2O3. The average Bonchev–Trinajstić information content (AvgIpc) is 3.27. The Hall–Kier alpha value is -2.01. The highest BCUT2D eigenvalue weighted by molar-refractivity contribution is 6.31. The first kappa shape index (κ1) is 15.4. The molecule has 0 aromatic heterocycles. The van der Waals surface area contributed by atoms with Gasteiger partial charge in [-0.25, -0.2) is 9.59 Å². The van der Waals surface area contributed by atoms with Crippen LogP contribution < -0.4 is 5.32 Å². The summed E-state index contributed by atoms with van der Waals surface area (Å²) in [7, 11) is 0. The van der Waals surface area contributed by atoms with Crippen LogP contribution in [0.25, 0.3) is 0 Å². The lowest BCUT2D eigenvalue weighted by molar-refractivity contribution is -0.139. The van der Waals surface area contributed by atoms with E-state index in [0.29, 0.717) is 17.1 Å². The van der Waals surface area contributed by atoms with E-state index < -0.39 is 18.0 Å². The van der Waals surface area contributed by atoms with Gasteiger partial charge in [-0.3, -0.25) is 0 Å². The molecule has 112 valence electrons. The molecule has 0 saturated heterocycles. The van der Waals surface area contributed by atoms with Crippen molar-refractivity contribution in [2.75, 3.05) is 6.54 Å². The quantitative estimate of drug-likeness (QED) is 0.794. The highest BCUT2D eigenvalue weighted by atomic mass is 35.5. The number of carboxylic acid groups (broad SMARTS) is 1. The Balaban J connectivity index is 2.16. The molecular weight excluding hydrogens is 292 g/mol. The Morgan fingerprint density at radius 3 is 2.67 bits per heavy atom. The Labute approximate surface area is 128 Å². The van der Waals surface area contributed by atoms with Gasteiger partial charge in [0.25, 0.3) is 0 Å². The zero-order valence-electron chi connectivity index (χ0n) is 11.5. The molecule has 2 amide bonds. The number of benzene rings is 1. The summed E-state index contributed by atoms with van der Waals surface area (Å²) in [5, 5.41) is 12.2. The first-order chi connectivity index (χ1) is 10.0. The number of carbonyl (C=O) groups excluding carboxylic acids is 1. The third-order valence-corrected chi connectivity index (χ3v) is 3.65. The van der Waals surface area contributed by atoms with Crippen LogP contribution in [0.15, 0.2) is 36.9 Å². The summed E-state index contributed by atoms with van der Waals surface area (Å²) in [5.41, 5.74) is 0.370. The van der Waals surface area contributed by atoms with Crippen molar-refractivity contribution >= 4 is 23.6 Å².